The molecule has 3 heterocycles. The summed E-state index contributed by atoms with van der Waals surface area (Å²) in [6, 6.07) is 16.7. The van der Waals surface area contributed by atoms with E-state index in [1.165, 1.54) is 12.1 Å². The van der Waals surface area contributed by atoms with Crippen LogP contribution >= 0.6 is 11.6 Å². The lowest BCUT2D eigenvalue weighted by Crippen LogP contribution is -3.13. The van der Waals surface area contributed by atoms with Crippen LogP contribution in [0.3, 0.4) is 0 Å². The summed E-state index contributed by atoms with van der Waals surface area (Å²) in [7, 11) is 0. The Morgan fingerprint density at radius 2 is 1.89 bits per heavy atom. The molecule has 1 spiro atoms. The van der Waals surface area contributed by atoms with Gasteiger partial charge in [0.2, 0.25) is 0 Å². The lowest BCUT2D eigenvalue weighted by atomic mass is 9.93. The first-order valence-corrected chi connectivity index (χ1v) is 10.2. The SMILES string of the molecule is CC[NH+]1CCC2(CC1)Oc1ccccc1[C@@H]1C=C(c3ccc(Cl)cc3)NN12. The maximum atomic E-state index is 6.67. The van der Waals surface area contributed by atoms with Crippen molar-refractivity contribution < 1.29 is 9.64 Å². The Labute approximate surface area is 165 Å². The van der Waals surface area contributed by atoms with Gasteiger partial charge in [0, 0.05) is 10.6 Å². The van der Waals surface area contributed by atoms with Gasteiger partial charge in [-0.3, -0.25) is 0 Å². The first-order valence-electron chi connectivity index (χ1n) is 9.84. The average Bonchev–Trinajstić information content (AvgIpc) is 3.16. The number of para-hydroxylation sites is 1. The highest BCUT2D eigenvalue weighted by atomic mass is 35.5. The predicted octanol–water partition coefficient (Wildman–Crippen LogP) is 3.03. The molecule has 0 amide bonds. The van der Waals surface area contributed by atoms with Crippen molar-refractivity contribution in [3.8, 4) is 5.75 Å². The number of nitrogens with zero attached hydrogens (tertiary/aromatic N) is 1. The number of hydrogen-bond acceptors (Lipinski definition) is 3. The summed E-state index contributed by atoms with van der Waals surface area (Å²) in [5.74, 6) is 1.02. The molecular formula is C22H25ClN3O+. The van der Waals surface area contributed by atoms with Crippen molar-refractivity contribution in [2.75, 3.05) is 19.6 Å². The Hall–Kier alpha value is -2.01. The van der Waals surface area contributed by atoms with Crippen LogP contribution in [-0.4, -0.2) is 30.4 Å². The lowest BCUT2D eigenvalue weighted by molar-refractivity contribution is -0.906. The highest BCUT2D eigenvalue weighted by Crippen LogP contribution is 2.47. The van der Waals surface area contributed by atoms with Gasteiger partial charge in [-0.1, -0.05) is 41.9 Å². The number of nitrogens with one attached hydrogen (secondary N) is 2. The van der Waals surface area contributed by atoms with Crippen LogP contribution in [0.1, 0.15) is 36.9 Å². The van der Waals surface area contributed by atoms with Crippen molar-refractivity contribution in [3.05, 3.63) is 70.8 Å². The number of piperidine rings is 1. The molecule has 5 rings (SSSR count). The van der Waals surface area contributed by atoms with Crippen molar-refractivity contribution in [1.29, 1.82) is 0 Å². The van der Waals surface area contributed by atoms with E-state index in [1.807, 2.05) is 12.1 Å². The van der Waals surface area contributed by atoms with E-state index in [9.17, 15) is 0 Å². The largest absolute Gasteiger partial charge is 0.470 e. The minimum absolute atomic E-state index is 0.184. The summed E-state index contributed by atoms with van der Waals surface area (Å²) in [6.07, 6.45) is 4.37. The number of benzene rings is 2. The van der Waals surface area contributed by atoms with Crippen LogP contribution in [0.2, 0.25) is 5.02 Å². The Kier molecular flexibility index (Phi) is 4.15. The molecule has 0 aromatic heterocycles. The van der Waals surface area contributed by atoms with Crippen LogP contribution in [-0.2, 0) is 0 Å². The molecule has 2 aromatic rings. The molecule has 1 fully saturated rings. The molecule has 0 aliphatic carbocycles. The van der Waals surface area contributed by atoms with Gasteiger partial charge in [0.25, 0.3) is 0 Å². The van der Waals surface area contributed by atoms with Crippen LogP contribution in [0.25, 0.3) is 5.70 Å². The number of fused-ring (bicyclic) bond motifs is 4. The minimum atomic E-state index is -0.289. The van der Waals surface area contributed by atoms with Crippen LogP contribution < -0.4 is 15.1 Å². The molecule has 0 saturated carbocycles. The molecule has 1 atom stereocenters. The van der Waals surface area contributed by atoms with E-state index in [2.05, 4.69) is 59.8 Å². The van der Waals surface area contributed by atoms with E-state index in [4.69, 9.17) is 16.3 Å². The molecule has 0 radical (unpaired) electrons. The summed E-state index contributed by atoms with van der Waals surface area (Å²) in [5, 5.41) is 3.11. The molecule has 3 aliphatic heterocycles. The molecule has 5 heteroatoms. The fourth-order valence-electron chi connectivity index (χ4n) is 4.61. The highest BCUT2D eigenvalue weighted by molar-refractivity contribution is 6.30. The van der Waals surface area contributed by atoms with Gasteiger partial charge in [0.05, 0.1) is 44.2 Å². The average molecular weight is 383 g/mol. The van der Waals surface area contributed by atoms with Crippen LogP contribution in [0, 0.1) is 0 Å². The second kappa shape index (κ2) is 6.55. The Morgan fingerprint density at radius 3 is 2.63 bits per heavy atom. The van der Waals surface area contributed by atoms with E-state index in [0.717, 1.165) is 48.0 Å². The summed E-state index contributed by atoms with van der Waals surface area (Å²) >= 11 is 6.08. The third-order valence-electron chi connectivity index (χ3n) is 6.21. The molecule has 4 nitrogen and oxygen atoms in total. The fourth-order valence-corrected chi connectivity index (χ4v) is 4.73. The third kappa shape index (κ3) is 2.83. The number of hydrazine groups is 1. The number of quaternary nitrogens is 1. The zero-order valence-corrected chi connectivity index (χ0v) is 16.3. The predicted molar refractivity (Wildman–Crippen MR) is 107 cm³/mol. The minimum Gasteiger partial charge on any atom is -0.470 e. The summed E-state index contributed by atoms with van der Waals surface area (Å²) in [6.45, 7) is 5.72. The summed E-state index contributed by atoms with van der Waals surface area (Å²) < 4.78 is 6.67. The smallest absolute Gasteiger partial charge is 0.191 e. The standard InChI is InChI=1S/C22H24ClN3O/c1-2-25-13-11-22(12-14-25)26-20(18-5-3-4-6-21(18)27-22)15-19(24-26)16-7-9-17(23)10-8-16/h3-10,15,20,24H,2,11-14H2,1H3/p+1/t20-/m0/s1. The Morgan fingerprint density at radius 1 is 1.15 bits per heavy atom. The summed E-state index contributed by atoms with van der Waals surface area (Å²) in [5.41, 5.74) is 6.89. The van der Waals surface area contributed by atoms with Gasteiger partial charge in [0.15, 0.2) is 5.72 Å². The molecule has 140 valence electrons. The van der Waals surface area contributed by atoms with E-state index in [-0.39, 0.29) is 11.8 Å². The van der Waals surface area contributed by atoms with Gasteiger partial charge in [-0.05, 0) is 36.8 Å². The number of hydrogen-bond donors (Lipinski definition) is 2. The van der Waals surface area contributed by atoms with Crippen molar-refractivity contribution in [3.63, 3.8) is 0 Å². The zero-order valence-electron chi connectivity index (χ0n) is 15.5. The van der Waals surface area contributed by atoms with Gasteiger partial charge in [-0.2, -0.15) is 5.01 Å². The maximum Gasteiger partial charge on any atom is 0.191 e. The fraction of sp³-hybridized carbons (Fsp3) is 0.364. The van der Waals surface area contributed by atoms with Gasteiger partial charge in [-0.25, -0.2) is 0 Å². The molecular weight excluding hydrogens is 358 g/mol. The van der Waals surface area contributed by atoms with Crippen molar-refractivity contribution in [2.45, 2.75) is 31.5 Å². The first-order chi connectivity index (χ1) is 13.2. The molecule has 2 aromatic carbocycles. The molecule has 0 bridgehead atoms. The van der Waals surface area contributed by atoms with E-state index in [1.54, 1.807) is 4.90 Å². The molecule has 27 heavy (non-hydrogen) atoms. The van der Waals surface area contributed by atoms with Crippen molar-refractivity contribution in [1.82, 2.24) is 10.4 Å². The van der Waals surface area contributed by atoms with Crippen LogP contribution in [0.15, 0.2) is 54.6 Å². The van der Waals surface area contributed by atoms with E-state index in [0.29, 0.717) is 0 Å². The first kappa shape index (κ1) is 17.1. The normalized spacial score (nSPS) is 29.5. The second-order valence-corrected chi connectivity index (χ2v) is 8.14. The second-order valence-electron chi connectivity index (χ2n) is 7.70. The highest BCUT2D eigenvalue weighted by Gasteiger charge is 2.52. The van der Waals surface area contributed by atoms with Crippen LogP contribution in [0.4, 0.5) is 0 Å². The zero-order chi connectivity index (χ0) is 18.4. The third-order valence-corrected chi connectivity index (χ3v) is 6.47. The van der Waals surface area contributed by atoms with E-state index >= 15 is 0 Å². The van der Waals surface area contributed by atoms with Crippen molar-refractivity contribution in [2.24, 2.45) is 0 Å². The number of ether oxygens (including phenoxy) is 1. The molecule has 1 saturated heterocycles. The van der Waals surface area contributed by atoms with Gasteiger partial charge >= 0.3 is 0 Å². The lowest BCUT2D eigenvalue weighted by Gasteiger charge is -2.50. The van der Waals surface area contributed by atoms with Crippen molar-refractivity contribution >= 4 is 17.3 Å². The number of halogens is 1. The van der Waals surface area contributed by atoms with Crippen LogP contribution in [0.5, 0.6) is 5.75 Å². The van der Waals surface area contributed by atoms with Gasteiger partial charge in [-0.15, -0.1) is 0 Å². The number of rotatable bonds is 2. The number of likely N-dealkylation sites (tertiary alicyclic amines) is 1. The molecule has 2 N–H and O–H groups in total. The Balaban J connectivity index is 1.53. The Bertz CT molecular complexity index is 871. The van der Waals surface area contributed by atoms with Gasteiger partial charge in [0.1, 0.15) is 5.75 Å². The quantitative estimate of drug-likeness (QED) is 0.836. The topological polar surface area (TPSA) is 28.9 Å². The summed E-state index contributed by atoms with van der Waals surface area (Å²) in [4.78, 5) is 1.66. The van der Waals surface area contributed by atoms with Gasteiger partial charge < -0.3 is 15.1 Å². The monoisotopic (exact) mass is 382 g/mol. The maximum absolute atomic E-state index is 6.67. The molecule has 0 unspecified atom stereocenters. The van der Waals surface area contributed by atoms with E-state index < -0.39 is 0 Å². The molecule has 3 aliphatic rings.